The Morgan fingerprint density at radius 3 is 1.20 bits per heavy atom. The van der Waals surface area contributed by atoms with Crippen LogP contribution in [0.25, 0.3) is 0 Å². The number of hydrogen-bond donors (Lipinski definition) is 1. The fourth-order valence-corrected chi connectivity index (χ4v) is 0. The number of hydrogen-bond acceptors (Lipinski definition) is 1. The van der Waals surface area contributed by atoms with Gasteiger partial charge in [0.2, 0.25) is 3.79 Å². The maximum atomic E-state index is 8.96. The fourth-order valence-electron chi connectivity index (χ4n) is 0. The predicted octanol–water partition coefficient (Wildman–Crippen LogP) is -3.86. The molecule has 0 aromatic heterocycles. The van der Waals surface area contributed by atoms with E-state index < -0.39 is 9.39 Å². The molecule has 0 saturated heterocycles. The van der Waals surface area contributed by atoms with Gasteiger partial charge in [-0.1, -0.05) is 34.8 Å². The molecule has 0 bridgehead atoms. The summed E-state index contributed by atoms with van der Waals surface area (Å²) in [7, 11) is 0. The minimum atomic E-state index is -1.59. The van der Waals surface area contributed by atoms with E-state index in [-0.39, 0.29) is 42.0 Å². The third-order valence-electron chi connectivity index (χ3n) is 0.694. The van der Waals surface area contributed by atoms with Gasteiger partial charge in [0.1, 0.15) is 5.60 Å². The van der Waals surface area contributed by atoms with Crippen molar-refractivity contribution in [2.45, 2.75) is 23.2 Å². The van der Waals surface area contributed by atoms with Gasteiger partial charge in [-0.3, -0.25) is 0 Å². The first kappa shape index (κ1) is 18.0. The van der Waals surface area contributed by atoms with Crippen LogP contribution in [-0.4, -0.2) is 14.5 Å². The van der Waals surface area contributed by atoms with E-state index in [9.17, 15) is 0 Å². The number of rotatable bonds is 0. The Kier molecular flexibility index (Phi) is 10.3. The van der Waals surface area contributed by atoms with Crippen LogP contribution >= 0.6 is 34.8 Å². The van der Waals surface area contributed by atoms with Crippen molar-refractivity contribution in [3.05, 3.63) is 0 Å². The van der Waals surface area contributed by atoms with E-state index in [2.05, 4.69) is 0 Å². The topological polar surface area (TPSA) is 20.2 Å². The zero-order valence-corrected chi connectivity index (χ0v) is 11.0. The Balaban J connectivity index is -0.000000245. The molecular weight excluding hydrogens is 229 g/mol. The molecule has 58 valence electrons. The minimum Gasteiger partial charge on any atom is -1.00 e. The second-order valence-corrected chi connectivity index (χ2v) is 4.34. The Bertz CT molecular complexity index is 72.2. The van der Waals surface area contributed by atoms with Gasteiger partial charge in [-0.05, 0) is 13.8 Å². The number of halogens is 4. The summed E-state index contributed by atoms with van der Waals surface area (Å²) in [5, 5.41) is 8.96. The van der Waals surface area contributed by atoms with Crippen LogP contribution in [0.15, 0.2) is 0 Å². The zero-order chi connectivity index (χ0) is 7.00. The molecule has 1 N–H and O–H groups in total. The van der Waals surface area contributed by atoms with Gasteiger partial charge in [-0.2, -0.15) is 0 Å². The first-order chi connectivity index (χ1) is 3.25. The molecule has 0 rings (SSSR count). The molecule has 0 atom stereocenters. The summed E-state index contributed by atoms with van der Waals surface area (Å²) >= 11 is 15.9. The Morgan fingerprint density at radius 2 is 1.20 bits per heavy atom. The molecule has 0 fully saturated rings. The van der Waals surface area contributed by atoms with E-state index in [1.54, 1.807) is 0 Å². The standard InChI is InChI=1S/C4H7Cl3O.ClH.Na/c1-3(2,8)4(5,6)7;;/h8H,1-2H3;1H;/q;;+1/p-1. The third kappa shape index (κ3) is 6.81. The molecular formula is C4H7Cl4NaO. The molecule has 1 nitrogen and oxygen atoms in total. The Morgan fingerprint density at radius 1 is 1.10 bits per heavy atom. The van der Waals surface area contributed by atoms with Gasteiger partial charge in [0.25, 0.3) is 0 Å². The number of alkyl halides is 3. The van der Waals surface area contributed by atoms with Crippen LogP contribution in [0.3, 0.4) is 0 Å². The molecule has 0 spiro atoms. The van der Waals surface area contributed by atoms with Gasteiger partial charge in [0.05, 0.1) is 0 Å². The van der Waals surface area contributed by atoms with Crippen molar-refractivity contribution in [3.8, 4) is 0 Å². The normalized spacial score (nSPS) is 11.4. The molecule has 0 heterocycles. The van der Waals surface area contributed by atoms with E-state index >= 15 is 0 Å². The molecule has 10 heavy (non-hydrogen) atoms. The summed E-state index contributed by atoms with van der Waals surface area (Å²) in [6, 6.07) is 0. The monoisotopic (exact) mass is 234 g/mol. The van der Waals surface area contributed by atoms with Crippen LogP contribution in [0.5, 0.6) is 0 Å². The summed E-state index contributed by atoms with van der Waals surface area (Å²) in [4.78, 5) is 0. The van der Waals surface area contributed by atoms with Gasteiger partial charge in [0.15, 0.2) is 0 Å². The Labute approximate surface area is 104 Å². The van der Waals surface area contributed by atoms with E-state index in [4.69, 9.17) is 39.9 Å². The van der Waals surface area contributed by atoms with E-state index in [1.807, 2.05) is 0 Å². The van der Waals surface area contributed by atoms with Crippen LogP contribution in [0.2, 0.25) is 0 Å². The SMILES string of the molecule is CC(C)(O)C(Cl)(Cl)Cl.[Cl-].[Na+]. The summed E-state index contributed by atoms with van der Waals surface area (Å²) in [5.74, 6) is 0. The molecule has 0 aliphatic carbocycles. The minimum absolute atomic E-state index is 0. The van der Waals surface area contributed by atoms with Crippen LogP contribution in [0.1, 0.15) is 13.8 Å². The Hall–Kier alpha value is 2.12. The molecule has 0 saturated carbocycles. The summed E-state index contributed by atoms with van der Waals surface area (Å²) < 4.78 is -1.59. The van der Waals surface area contributed by atoms with Crippen molar-refractivity contribution in [2.75, 3.05) is 0 Å². The van der Waals surface area contributed by atoms with Gasteiger partial charge < -0.3 is 17.5 Å². The second-order valence-electron chi connectivity index (χ2n) is 2.06. The molecule has 0 aliphatic rings. The van der Waals surface area contributed by atoms with Crippen molar-refractivity contribution < 1.29 is 47.1 Å². The van der Waals surface area contributed by atoms with Crippen molar-refractivity contribution in [1.82, 2.24) is 0 Å². The van der Waals surface area contributed by atoms with Crippen molar-refractivity contribution in [1.29, 1.82) is 0 Å². The van der Waals surface area contributed by atoms with Crippen molar-refractivity contribution >= 4 is 34.8 Å². The third-order valence-corrected chi connectivity index (χ3v) is 2.08. The average Bonchev–Trinajstić information content (AvgIpc) is 1.25. The fraction of sp³-hybridized carbons (Fsp3) is 1.00. The van der Waals surface area contributed by atoms with Gasteiger partial charge in [-0.25, -0.2) is 0 Å². The van der Waals surface area contributed by atoms with E-state index in [1.165, 1.54) is 13.8 Å². The van der Waals surface area contributed by atoms with Crippen molar-refractivity contribution in [2.24, 2.45) is 0 Å². The smallest absolute Gasteiger partial charge is 1.00 e. The molecule has 0 aliphatic heterocycles. The summed E-state index contributed by atoms with van der Waals surface area (Å²) in [5.41, 5.74) is -1.27. The largest absolute Gasteiger partial charge is 1.00 e. The predicted molar refractivity (Wildman–Crippen MR) is 36.6 cm³/mol. The first-order valence-electron chi connectivity index (χ1n) is 2.04. The molecule has 0 aromatic carbocycles. The maximum Gasteiger partial charge on any atom is 1.00 e. The maximum absolute atomic E-state index is 8.96. The summed E-state index contributed by atoms with van der Waals surface area (Å²) in [6.45, 7) is 2.86. The molecule has 0 aromatic rings. The molecule has 0 unspecified atom stereocenters. The second kappa shape index (κ2) is 5.71. The van der Waals surface area contributed by atoms with Gasteiger partial charge in [0, 0.05) is 0 Å². The molecule has 6 heteroatoms. The van der Waals surface area contributed by atoms with Crippen molar-refractivity contribution in [3.63, 3.8) is 0 Å². The zero-order valence-electron chi connectivity index (χ0n) is 5.96. The van der Waals surface area contributed by atoms with Gasteiger partial charge in [-0.15, -0.1) is 0 Å². The molecule has 0 radical (unpaired) electrons. The quantitative estimate of drug-likeness (QED) is 0.337. The van der Waals surface area contributed by atoms with Crippen LogP contribution in [0, 0.1) is 0 Å². The van der Waals surface area contributed by atoms with E-state index in [0.717, 1.165) is 0 Å². The average molecular weight is 236 g/mol. The van der Waals surface area contributed by atoms with Crippen LogP contribution in [0.4, 0.5) is 0 Å². The van der Waals surface area contributed by atoms with Crippen LogP contribution < -0.4 is 42.0 Å². The van der Waals surface area contributed by atoms with E-state index in [0.29, 0.717) is 0 Å². The first-order valence-corrected chi connectivity index (χ1v) is 3.17. The van der Waals surface area contributed by atoms with Gasteiger partial charge >= 0.3 is 29.6 Å². The molecule has 0 amide bonds. The van der Waals surface area contributed by atoms with Crippen LogP contribution in [-0.2, 0) is 0 Å². The number of aliphatic hydroxyl groups is 1. The summed E-state index contributed by atoms with van der Waals surface area (Å²) in [6.07, 6.45) is 0.